The highest BCUT2D eigenvalue weighted by molar-refractivity contribution is 6.04. The Morgan fingerprint density at radius 3 is 1.73 bits per heavy atom. The molecule has 0 radical (unpaired) electrons. The van der Waals surface area contributed by atoms with Crippen LogP contribution in [0.15, 0.2) is 49.6 Å². The molecule has 1 aromatic carbocycles. The van der Waals surface area contributed by atoms with Crippen LogP contribution in [-0.4, -0.2) is 93.5 Å². The number of aldehydes is 2. The Morgan fingerprint density at radius 2 is 1.43 bits per heavy atom. The van der Waals surface area contributed by atoms with E-state index < -0.39 is 0 Å². The first-order valence-corrected chi connectivity index (χ1v) is 16.9. The van der Waals surface area contributed by atoms with Crippen LogP contribution in [0.2, 0.25) is 0 Å². The normalized spacial score (nSPS) is 12.4. The maximum Gasteiger partial charge on any atom is 0.240 e. The Bertz CT molecular complexity index is 991. The van der Waals surface area contributed by atoms with Crippen molar-refractivity contribution in [3.63, 3.8) is 0 Å². The van der Waals surface area contributed by atoms with E-state index in [9.17, 15) is 9.59 Å². The van der Waals surface area contributed by atoms with Crippen molar-refractivity contribution in [2.24, 2.45) is 11.1 Å². The van der Waals surface area contributed by atoms with Crippen molar-refractivity contribution in [2.45, 2.75) is 94.0 Å². The number of hydrogen-bond acceptors (Lipinski definition) is 8. The van der Waals surface area contributed by atoms with E-state index in [1.165, 1.54) is 32.8 Å². The van der Waals surface area contributed by atoms with Gasteiger partial charge in [-0.2, -0.15) is 0 Å². The van der Waals surface area contributed by atoms with Crippen LogP contribution in [0.25, 0.3) is 0 Å². The van der Waals surface area contributed by atoms with Crippen molar-refractivity contribution in [1.82, 2.24) is 9.80 Å². The van der Waals surface area contributed by atoms with Gasteiger partial charge in [-0.25, -0.2) is 0 Å². The second-order valence-corrected chi connectivity index (χ2v) is 10.6. The molecule has 0 saturated carbocycles. The standard InChI is InChI=1S/C10H10O2.C8H14N2O.C6H12O.C6H14.2C2H4O.C2H6.2C2H2.CH3NO/c1-3-10(11)8-5-4-6-9(7-8)12-2;1-9-4-2-3-7(9)8(11)10-5-6-10;1-3-5-7-6-4-2;1-5-6(2,3)4;2*1-2-3;3*1-2;2-1-3/h3-7H,1H2,2H3;7H,2-6H2,1H3;3H,1,4-6H2,2H3;5H2,1-4H3;2*2H,1H3;1-2H3;2*1-2H;1H,(H2,2,3)/t;7-;;;;;;;;/m.0......../s1. The molecule has 1 aromatic rings. The third-order valence-electron chi connectivity index (χ3n) is 5.75. The highest BCUT2D eigenvalue weighted by Gasteiger charge is 2.35. The summed E-state index contributed by atoms with van der Waals surface area (Å²) in [5.74, 6) is 0.946. The number of hydrogen-bond donors (Lipinski definition) is 1. The molecule has 2 aliphatic rings. The van der Waals surface area contributed by atoms with Crippen LogP contribution < -0.4 is 10.5 Å². The van der Waals surface area contributed by atoms with Gasteiger partial charge in [-0.05, 0) is 70.3 Å². The molecule has 2 aliphatic heterocycles. The molecule has 51 heavy (non-hydrogen) atoms. The van der Waals surface area contributed by atoms with Gasteiger partial charge in [0.15, 0.2) is 5.78 Å². The van der Waals surface area contributed by atoms with Crippen molar-refractivity contribution in [3.05, 3.63) is 55.1 Å². The fraction of sp³-hybridized carbons (Fsp3) is 0.537. The summed E-state index contributed by atoms with van der Waals surface area (Å²) in [4.78, 5) is 52.9. The summed E-state index contributed by atoms with van der Waals surface area (Å²) in [5.41, 5.74) is 5.31. The summed E-state index contributed by atoms with van der Waals surface area (Å²) in [6, 6.07) is 7.18. The number of amides is 2. The number of carbonyl (C=O) groups excluding carboxylic acids is 5. The molecule has 0 spiro atoms. The molecular formula is C41H71N3O7. The summed E-state index contributed by atoms with van der Waals surface area (Å²) in [6.45, 7) is 29.4. The number of carbonyl (C=O) groups is 5. The minimum absolute atomic E-state index is 0.0890. The molecule has 1 atom stereocenters. The quantitative estimate of drug-likeness (QED) is 0.0574. The first kappa shape index (κ1) is 61.7. The van der Waals surface area contributed by atoms with Gasteiger partial charge in [-0.1, -0.05) is 79.7 Å². The van der Waals surface area contributed by atoms with Gasteiger partial charge >= 0.3 is 0 Å². The lowest BCUT2D eigenvalue weighted by Crippen LogP contribution is -2.36. The highest BCUT2D eigenvalue weighted by atomic mass is 16.5. The topological polar surface area (TPSA) is 136 Å². The monoisotopic (exact) mass is 718 g/mol. The molecule has 2 heterocycles. The fourth-order valence-corrected chi connectivity index (χ4v) is 2.91. The molecule has 10 heteroatoms. The number of likely N-dealkylation sites (tertiary alicyclic amines) is 1. The Labute approximate surface area is 312 Å². The van der Waals surface area contributed by atoms with E-state index in [2.05, 4.69) is 84.1 Å². The summed E-state index contributed by atoms with van der Waals surface area (Å²) < 4.78 is 9.98. The zero-order valence-electron chi connectivity index (χ0n) is 33.7. The lowest BCUT2D eigenvalue weighted by Gasteiger charge is -2.17. The fourth-order valence-electron chi connectivity index (χ4n) is 2.91. The second kappa shape index (κ2) is 49.9. The van der Waals surface area contributed by atoms with Crippen LogP contribution in [0.4, 0.5) is 0 Å². The predicted octanol–water partition coefficient (Wildman–Crippen LogP) is 7.07. The predicted molar refractivity (Wildman–Crippen MR) is 216 cm³/mol. The first-order chi connectivity index (χ1) is 24.3. The number of rotatable bonds is 8. The second-order valence-electron chi connectivity index (χ2n) is 10.6. The molecule has 0 aromatic heterocycles. The van der Waals surface area contributed by atoms with Gasteiger partial charge in [0, 0.05) is 25.3 Å². The lowest BCUT2D eigenvalue weighted by molar-refractivity contribution is -0.129. The van der Waals surface area contributed by atoms with E-state index in [0.29, 0.717) is 29.2 Å². The van der Waals surface area contributed by atoms with Crippen LogP contribution in [-0.2, 0) is 23.9 Å². The number of ketones is 1. The Morgan fingerprint density at radius 1 is 0.980 bits per heavy atom. The highest BCUT2D eigenvalue weighted by Crippen LogP contribution is 2.19. The molecule has 10 nitrogen and oxygen atoms in total. The SMILES string of the molecule is C#C.C#C.C=CC(=O)c1cccc(OC)c1.C=CCOCCC.CC.CC=O.CC=O.CCC(C)(C)C.CN1CCC[C@H]1C(=O)N1CC1.NC=O. The average molecular weight is 718 g/mol. The number of ether oxygens (including phenoxy) is 2. The number of terminal acetylenes is 2. The number of methoxy groups -OCH3 is 1. The van der Waals surface area contributed by atoms with Crippen molar-refractivity contribution in [2.75, 3.05) is 47.0 Å². The van der Waals surface area contributed by atoms with Crippen LogP contribution in [0.3, 0.4) is 0 Å². The van der Waals surface area contributed by atoms with Crippen molar-refractivity contribution in [1.29, 1.82) is 0 Å². The van der Waals surface area contributed by atoms with Crippen molar-refractivity contribution < 1.29 is 33.4 Å². The van der Waals surface area contributed by atoms with Crippen molar-refractivity contribution >= 4 is 30.7 Å². The van der Waals surface area contributed by atoms with E-state index in [4.69, 9.17) is 23.9 Å². The van der Waals surface area contributed by atoms with Gasteiger partial charge in [0.2, 0.25) is 12.3 Å². The van der Waals surface area contributed by atoms with Gasteiger partial charge in [0.1, 0.15) is 18.3 Å². The minimum Gasteiger partial charge on any atom is -0.497 e. The van der Waals surface area contributed by atoms with Gasteiger partial charge < -0.3 is 29.7 Å². The number of nitrogens with zero attached hydrogens (tertiary/aromatic N) is 2. The molecule has 2 fully saturated rings. The van der Waals surface area contributed by atoms with Crippen LogP contribution in [0, 0.1) is 31.1 Å². The maximum absolute atomic E-state index is 11.5. The Balaban J connectivity index is -0.0000000916. The smallest absolute Gasteiger partial charge is 0.240 e. The van der Waals surface area contributed by atoms with Gasteiger partial charge in [0.05, 0.1) is 19.8 Å². The van der Waals surface area contributed by atoms with Gasteiger partial charge in [-0.15, -0.1) is 32.3 Å². The molecule has 0 bridgehead atoms. The summed E-state index contributed by atoms with van der Waals surface area (Å²) in [5, 5.41) is 0. The Kier molecular flexibility index (Phi) is 60.3. The molecule has 0 aliphatic carbocycles. The van der Waals surface area contributed by atoms with Crippen LogP contribution in [0.5, 0.6) is 5.75 Å². The summed E-state index contributed by atoms with van der Waals surface area (Å²) >= 11 is 0. The molecule has 2 saturated heterocycles. The van der Waals surface area contributed by atoms with E-state index in [0.717, 1.165) is 51.7 Å². The summed E-state index contributed by atoms with van der Waals surface area (Å²) in [6.07, 6.45) is 25.4. The van der Waals surface area contributed by atoms with E-state index in [1.54, 1.807) is 37.5 Å². The zero-order valence-corrected chi connectivity index (χ0v) is 33.7. The molecule has 2 N–H and O–H groups in total. The third-order valence-corrected chi connectivity index (χ3v) is 5.75. The minimum atomic E-state index is -0.0890. The van der Waals surface area contributed by atoms with Gasteiger partial charge in [0.25, 0.3) is 0 Å². The molecular weight excluding hydrogens is 646 g/mol. The first-order valence-electron chi connectivity index (χ1n) is 16.9. The van der Waals surface area contributed by atoms with Crippen LogP contribution in [0.1, 0.15) is 98.4 Å². The van der Waals surface area contributed by atoms with Gasteiger partial charge in [-0.3, -0.25) is 19.3 Å². The maximum atomic E-state index is 11.5. The number of likely N-dealkylation sites (N-methyl/N-ethyl adjacent to an activating group) is 1. The Hall–Kier alpha value is -4.51. The van der Waals surface area contributed by atoms with E-state index in [-0.39, 0.29) is 18.2 Å². The number of nitrogens with two attached hydrogens (primary N) is 1. The number of benzene rings is 1. The molecule has 292 valence electrons. The molecule has 2 amide bonds. The largest absolute Gasteiger partial charge is 0.497 e. The molecule has 3 rings (SSSR count). The zero-order chi connectivity index (χ0) is 41.7. The summed E-state index contributed by atoms with van der Waals surface area (Å²) in [7, 11) is 3.61. The lowest BCUT2D eigenvalue weighted by atomic mass is 9.94. The third kappa shape index (κ3) is 50.0. The van der Waals surface area contributed by atoms with Crippen LogP contribution >= 0.6 is 0 Å². The average Bonchev–Trinajstić information content (AvgIpc) is 3.91. The molecule has 0 unspecified atom stereocenters. The van der Waals surface area contributed by atoms with E-state index in [1.807, 2.05) is 25.8 Å². The number of primary amides is 1. The van der Waals surface area contributed by atoms with Crippen molar-refractivity contribution in [3.8, 4) is 31.4 Å². The van der Waals surface area contributed by atoms with E-state index >= 15 is 0 Å². The number of allylic oxidation sites excluding steroid dienone is 1.